The fourth-order valence-corrected chi connectivity index (χ4v) is 1.51. The molecule has 1 aliphatic rings. The van der Waals surface area contributed by atoms with Gasteiger partial charge in [-0.05, 0) is 27.2 Å². The zero-order valence-corrected chi connectivity index (χ0v) is 10.0. The summed E-state index contributed by atoms with van der Waals surface area (Å²) >= 11 is 0. The highest BCUT2D eigenvalue weighted by atomic mass is 16.6. The zero-order valence-electron chi connectivity index (χ0n) is 10.0. The van der Waals surface area contributed by atoms with E-state index >= 15 is 0 Å². The molecule has 0 aromatic rings. The number of hydrogen-bond acceptors (Lipinski definition) is 4. The van der Waals surface area contributed by atoms with Gasteiger partial charge in [0.15, 0.2) is 5.78 Å². The second-order valence-electron chi connectivity index (χ2n) is 5.09. The Hall–Kier alpha value is -1.10. The standard InChI is InChI=1S/C11H19NO4/c1-11(2,3)16-10(15)12-5-4-8(13)6-9(14)7-12/h8,13H,4-7H2,1-3H3. The third-order valence-corrected chi connectivity index (χ3v) is 2.21. The molecule has 1 aliphatic heterocycles. The van der Waals surface area contributed by atoms with Gasteiger partial charge in [0.2, 0.25) is 0 Å². The molecule has 5 heteroatoms. The number of carbonyl (C=O) groups is 2. The first-order valence-electron chi connectivity index (χ1n) is 5.45. The number of rotatable bonds is 0. The van der Waals surface area contributed by atoms with E-state index in [4.69, 9.17) is 4.74 Å². The maximum absolute atomic E-state index is 11.7. The molecule has 0 aromatic carbocycles. The molecule has 1 unspecified atom stereocenters. The van der Waals surface area contributed by atoms with Crippen molar-refractivity contribution in [3.05, 3.63) is 0 Å². The summed E-state index contributed by atoms with van der Waals surface area (Å²) in [6.07, 6.45) is -0.584. The van der Waals surface area contributed by atoms with Gasteiger partial charge in [-0.2, -0.15) is 0 Å². The number of ketones is 1. The van der Waals surface area contributed by atoms with Crippen molar-refractivity contribution in [3.8, 4) is 0 Å². The van der Waals surface area contributed by atoms with Crippen molar-refractivity contribution in [2.45, 2.75) is 45.3 Å². The molecule has 1 saturated heterocycles. The number of carbonyl (C=O) groups excluding carboxylic acids is 2. The third-order valence-electron chi connectivity index (χ3n) is 2.21. The second kappa shape index (κ2) is 4.82. The average molecular weight is 229 g/mol. The molecule has 92 valence electrons. The smallest absolute Gasteiger partial charge is 0.410 e. The van der Waals surface area contributed by atoms with E-state index in [0.717, 1.165) is 0 Å². The zero-order chi connectivity index (χ0) is 12.3. The molecule has 1 atom stereocenters. The third kappa shape index (κ3) is 4.18. The summed E-state index contributed by atoms with van der Waals surface area (Å²) in [6, 6.07) is 0. The maximum Gasteiger partial charge on any atom is 0.410 e. The van der Waals surface area contributed by atoms with Gasteiger partial charge >= 0.3 is 6.09 Å². The molecule has 5 nitrogen and oxygen atoms in total. The van der Waals surface area contributed by atoms with E-state index in [1.54, 1.807) is 20.8 Å². The van der Waals surface area contributed by atoms with Crippen LogP contribution in [0.25, 0.3) is 0 Å². The Morgan fingerprint density at radius 3 is 2.69 bits per heavy atom. The summed E-state index contributed by atoms with van der Waals surface area (Å²) in [5.41, 5.74) is -0.564. The molecule has 0 aromatic heterocycles. The normalized spacial score (nSPS) is 22.9. The fourth-order valence-electron chi connectivity index (χ4n) is 1.51. The highest BCUT2D eigenvalue weighted by Gasteiger charge is 2.27. The van der Waals surface area contributed by atoms with Crippen LogP contribution in [0.5, 0.6) is 0 Å². The molecule has 1 heterocycles. The van der Waals surface area contributed by atoms with Crippen molar-refractivity contribution in [1.29, 1.82) is 0 Å². The SMILES string of the molecule is CC(C)(C)OC(=O)N1CCC(O)CC(=O)C1. The Labute approximate surface area is 95.4 Å². The Morgan fingerprint density at radius 2 is 2.12 bits per heavy atom. The van der Waals surface area contributed by atoms with E-state index in [0.29, 0.717) is 13.0 Å². The van der Waals surface area contributed by atoms with E-state index in [1.165, 1.54) is 4.90 Å². The summed E-state index contributed by atoms with van der Waals surface area (Å²) < 4.78 is 5.17. The first-order valence-corrected chi connectivity index (χ1v) is 5.45. The molecule has 1 fully saturated rings. The second-order valence-corrected chi connectivity index (χ2v) is 5.09. The maximum atomic E-state index is 11.7. The van der Waals surface area contributed by atoms with Crippen LogP contribution >= 0.6 is 0 Å². The van der Waals surface area contributed by atoms with Gasteiger partial charge in [0.25, 0.3) is 0 Å². The molecule has 0 radical (unpaired) electrons. The van der Waals surface area contributed by atoms with Gasteiger partial charge < -0.3 is 14.7 Å². The molecule has 0 saturated carbocycles. The quantitative estimate of drug-likeness (QED) is 0.671. The van der Waals surface area contributed by atoms with Crippen LogP contribution < -0.4 is 0 Å². The van der Waals surface area contributed by atoms with E-state index in [9.17, 15) is 14.7 Å². The summed E-state index contributed by atoms with van der Waals surface area (Å²) in [5, 5.41) is 9.39. The van der Waals surface area contributed by atoms with Gasteiger partial charge in [0.1, 0.15) is 5.60 Å². The minimum atomic E-state index is -0.639. The number of amides is 1. The summed E-state index contributed by atoms with van der Waals surface area (Å²) in [5.74, 6) is -0.129. The van der Waals surface area contributed by atoms with Crippen molar-refractivity contribution >= 4 is 11.9 Å². The number of likely N-dealkylation sites (tertiary alicyclic amines) is 1. The van der Waals surface area contributed by atoms with Gasteiger partial charge in [0.05, 0.1) is 12.6 Å². The molecule has 0 bridgehead atoms. The van der Waals surface area contributed by atoms with Crippen LogP contribution in [0.15, 0.2) is 0 Å². The lowest BCUT2D eigenvalue weighted by molar-refractivity contribution is -0.120. The van der Waals surface area contributed by atoms with Gasteiger partial charge in [0, 0.05) is 13.0 Å². The van der Waals surface area contributed by atoms with E-state index in [1.807, 2.05) is 0 Å². The number of Topliss-reactive ketones (excluding diaryl/α,β-unsaturated/α-hetero) is 1. The van der Waals surface area contributed by atoms with E-state index in [-0.39, 0.29) is 18.7 Å². The van der Waals surface area contributed by atoms with Gasteiger partial charge in [-0.3, -0.25) is 4.79 Å². The number of nitrogens with zero attached hydrogens (tertiary/aromatic N) is 1. The summed E-state index contributed by atoms with van der Waals surface area (Å²) in [4.78, 5) is 24.4. The average Bonchev–Trinajstić information content (AvgIpc) is 2.23. The first-order chi connectivity index (χ1) is 7.28. The Kier molecular flexibility index (Phi) is 3.91. The van der Waals surface area contributed by atoms with Gasteiger partial charge in [-0.1, -0.05) is 0 Å². The monoisotopic (exact) mass is 229 g/mol. The van der Waals surface area contributed by atoms with Gasteiger partial charge in [-0.15, -0.1) is 0 Å². The molecular formula is C11H19NO4. The van der Waals surface area contributed by atoms with Crippen molar-refractivity contribution in [2.24, 2.45) is 0 Å². The van der Waals surface area contributed by atoms with Crippen LogP contribution in [-0.4, -0.2) is 46.7 Å². The van der Waals surface area contributed by atoms with Crippen LogP contribution in [-0.2, 0) is 9.53 Å². The van der Waals surface area contributed by atoms with Crippen molar-refractivity contribution in [1.82, 2.24) is 4.90 Å². The lowest BCUT2D eigenvalue weighted by Crippen LogP contribution is -2.39. The molecule has 0 aliphatic carbocycles. The highest BCUT2D eigenvalue weighted by molar-refractivity contribution is 5.84. The first kappa shape index (κ1) is 13.0. The molecular weight excluding hydrogens is 210 g/mol. The lowest BCUT2D eigenvalue weighted by Gasteiger charge is -2.25. The van der Waals surface area contributed by atoms with Crippen LogP contribution in [0.4, 0.5) is 4.79 Å². The number of aliphatic hydroxyl groups is 1. The summed E-state index contributed by atoms with van der Waals surface area (Å²) in [6.45, 7) is 5.73. The topological polar surface area (TPSA) is 66.8 Å². The molecule has 1 amide bonds. The van der Waals surface area contributed by atoms with Crippen molar-refractivity contribution < 1.29 is 19.4 Å². The minimum Gasteiger partial charge on any atom is -0.444 e. The number of hydrogen-bond donors (Lipinski definition) is 1. The Bertz CT molecular complexity index is 282. The van der Waals surface area contributed by atoms with Crippen LogP contribution in [0.3, 0.4) is 0 Å². The van der Waals surface area contributed by atoms with Crippen LogP contribution in [0, 0.1) is 0 Å². The predicted molar refractivity (Wildman–Crippen MR) is 58.1 cm³/mol. The minimum absolute atomic E-state index is 0.0337. The van der Waals surface area contributed by atoms with Gasteiger partial charge in [-0.25, -0.2) is 4.79 Å². The Morgan fingerprint density at radius 1 is 1.50 bits per heavy atom. The largest absolute Gasteiger partial charge is 0.444 e. The molecule has 16 heavy (non-hydrogen) atoms. The molecule has 1 N–H and O–H groups in total. The molecule has 0 spiro atoms. The molecule has 1 rings (SSSR count). The summed E-state index contributed by atoms with van der Waals surface area (Å²) in [7, 11) is 0. The predicted octanol–water partition coefficient (Wildman–Crippen LogP) is 0.947. The fraction of sp³-hybridized carbons (Fsp3) is 0.818. The van der Waals surface area contributed by atoms with Crippen molar-refractivity contribution in [3.63, 3.8) is 0 Å². The lowest BCUT2D eigenvalue weighted by atomic mass is 10.1. The van der Waals surface area contributed by atoms with Crippen LogP contribution in [0.2, 0.25) is 0 Å². The van der Waals surface area contributed by atoms with Crippen LogP contribution in [0.1, 0.15) is 33.6 Å². The highest BCUT2D eigenvalue weighted by Crippen LogP contribution is 2.13. The Balaban J connectivity index is 2.59. The number of ether oxygens (including phenoxy) is 1. The van der Waals surface area contributed by atoms with E-state index in [2.05, 4.69) is 0 Å². The van der Waals surface area contributed by atoms with Crippen molar-refractivity contribution in [2.75, 3.05) is 13.1 Å². The number of aliphatic hydroxyl groups excluding tert-OH is 1. The van der Waals surface area contributed by atoms with E-state index < -0.39 is 17.8 Å².